The van der Waals surface area contributed by atoms with Crippen molar-refractivity contribution in [2.24, 2.45) is 0 Å². The van der Waals surface area contributed by atoms with Crippen LogP contribution in [0.1, 0.15) is 18.9 Å². The van der Waals surface area contributed by atoms with Gasteiger partial charge in [-0.15, -0.1) is 0 Å². The minimum absolute atomic E-state index is 0.0468. The van der Waals surface area contributed by atoms with Gasteiger partial charge in [-0.25, -0.2) is 8.42 Å². The molecule has 0 amide bonds. The fourth-order valence-corrected chi connectivity index (χ4v) is 4.39. The number of hydrogen-bond acceptors (Lipinski definition) is 5. The predicted molar refractivity (Wildman–Crippen MR) is 73.8 cm³/mol. The van der Waals surface area contributed by atoms with Crippen LogP contribution in [0.5, 0.6) is 5.75 Å². The van der Waals surface area contributed by atoms with Gasteiger partial charge in [0.1, 0.15) is 5.75 Å². The molecule has 1 aliphatic rings. The van der Waals surface area contributed by atoms with E-state index in [1.807, 2.05) is 0 Å². The highest BCUT2D eigenvalue weighted by molar-refractivity contribution is 7.91. The Morgan fingerprint density at radius 3 is 2.79 bits per heavy atom. The van der Waals surface area contributed by atoms with Crippen molar-refractivity contribution in [2.45, 2.75) is 30.5 Å². The van der Waals surface area contributed by atoms with Gasteiger partial charge in [-0.1, -0.05) is 6.07 Å². The molecule has 1 heterocycles. The van der Waals surface area contributed by atoms with Gasteiger partial charge < -0.3 is 15.2 Å². The summed E-state index contributed by atoms with van der Waals surface area (Å²) in [4.78, 5) is 0. The molecule has 6 heteroatoms. The van der Waals surface area contributed by atoms with Crippen LogP contribution in [0.15, 0.2) is 18.2 Å². The SMILES string of the molecule is COc1cc(N)ccc1CS(=O)(=O)C1CCOC1C. The zero-order chi connectivity index (χ0) is 14.0. The molecule has 2 unspecified atom stereocenters. The molecule has 0 aliphatic carbocycles. The van der Waals surface area contributed by atoms with Crippen LogP contribution in [0.3, 0.4) is 0 Å². The molecule has 2 rings (SSSR count). The summed E-state index contributed by atoms with van der Waals surface area (Å²) in [6.07, 6.45) is 0.311. The highest BCUT2D eigenvalue weighted by Crippen LogP contribution is 2.28. The van der Waals surface area contributed by atoms with Gasteiger partial charge in [0.15, 0.2) is 9.84 Å². The van der Waals surface area contributed by atoms with E-state index in [9.17, 15) is 8.42 Å². The Kier molecular flexibility index (Phi) is 4.01. The predicted octanol–water partition coefficient (Wildman–Crippen LogP) is 1.37. The first-order valence-corrected chi connectivity index (χ1v) is 7.91. The fraction of sp³-hybridized carbons (Fsp3) is 0.538. The molecular formula is C13H19NO4S. The van der Waals surface area contributed by atoms with Gasteiger partial charge in [0, 0.05) is 23.9 Å². The lowest BCUT2D eigenvalue weighted by atomic mass is 10.2. The van der Waals surface area contributed by atoms with Gasteiger partial charge in [-0.2, -0.15) is 0 Å². The first-order valence-electron chi connectivity index (χ1n) is 6.19. The van der Waals surface area contributed by atoms with Crippen LogP contribution in [0.2, 0.25) is 0 Å². The highest BCUT2D eigenvalue weighted by atomic mass is 32.2. The molecule has 106 valence electrons. The van der Waals surface area contributed by atoms with Crippen LogP contribution in [0.4, 0.5) is 5.69 Å². The smallest absolute Gasteiger partial charge is 0.160 e. The zero-order valence-corrected chi connectivity index (χ0v) is 11.9. The summed E-state index contributed by atoms with van der Waals surface area (Å²) in [5.74, 6) is 0.463. The normalized spacial score (nSPS) is 23.5. The Labute approximate surface area is 113 Å². The van der Waals surface area contributed by atoms with Crippen molar-refractivity contribution in [3.8, 4) is 5.75 Å². The molecule has 1 fully saturated rings. The summed E-state index contributed by atoms with van der Waals surface area (Å²) < 4.78 is 35.3. The summed E-state index contributed by atoms with van der Waals surface area (Å²) in [5.41, 5.74) is 6.85. The number of hydrogen-bond donors (Lipinski definition) is 1. The lowest BCUT2D eigenvalue weighted by molar-refractivity contribution is 0.126. The second-order valence-corrected chi connectivity index (χ2v) is 7.00. The molecule has 19 heavy (non-hydrogen) atoms. The molecular weight excluding hydrogens is 266 g/mol. The Balaban J connectivity index is 2.25. The summed E-state index contributed by atoms with van der Waals surface area (Å²) in [5, 5.41) is -0.435. The molecule has 1 aromatic rings. The molecule has 0 aromatic heterocycles. The van der Waals surface area contributed by atoms with Gasteiger partial charge in [-0.3, -0.25) is 0 Å². The van der Waals surface area contributed by atoms with Crippen molar-refractivity contribution in [1.29, 1.82) is 0 Å². The Morgan fingerprint density at radius 1 is 1.47 bits per heavy atom. The lowest BCUT2D eigenvalue weighted by Gasteiger charge is -2.16. The van der Waals surface area contributed by atoms with Gasteiger partial charge in [0.05, 0.1) is 24.2 Å². The quantitative estimate of drug-likeness (QED) is 0.845. The number of nitrogen functional groups attached to an aromatic ring is 1. The molecule has 5 nitrogen and oxygen atoms in total. The van der Waals surface area contributed by atoms with Crippen molar-refractivity contribution in [3.63, 3.8) is 0 Å². The van der Waals surface area contributed by atoms with E-state index in [1.54, 1.807) is 25.1 Å². The number of sulfone groups is 1. The number of nitrogens with two attached hydrogens (primary N) is 1. The summed E-state index contributed by atoms with van der Waals surface area (Å²) in [7, 11) is -1.75. The maximum atomic E-state index is 12.4. The van der Waals surface area contributed by atoms with Crippen molar-refractivity contribution in [3.05, 3.63) is 23.8 Å². The van der Waals surface area contributed by atoms with Gasteiger partial charge in [-0.05, 0) is 19.4 Å². The molecule has 0 spiro atoms. The molecule has 0 saturated carbocycles. The monoisotopic (exact) mass is 285 g/mol. The first kappa shape index (κ1) is 14.1. The molecule has 0 radical (unpaired) electrons. The number of methoxy groups -OCH3 is 1. The molecule has 2 N–H and O–H groups in total. The van der Waals surface area contributed by atoms with Crippen molar-refractivity contribution < 1.29 is 17.9 Å². The van der Waals surface area contributed by atoms with E-state index in [-0.39, 0.29) is 11.9 Å². The minimum atomic E-state index is -3.25. The third-order valence-electron chi connectivity index (χ3n) is 3.44. The Hall–Kier alpha value is -1.27. The van der Waals surface area contributed by atoms with E-state index in [1.165, 1.54) is 7.11 Å². The average molecular weight is 285 g/mol. The van der Waals surface area contributed by atoms with Crippen molar-refractivity contribution in [1.82, 2.24) is 0 Å². The number of ether oxygens (including phenoxy) is 2. The maximum Gasteiger partial charge on any atom is 0.160 e. The van der Waals surface area contributed by atoms with Crippen LogP contribution >= 0.6 is 0 Å². The summed E-state index contributed by atoms with van der Waals surface area (Å²) >= 11 is 0. The van der Waals surface area contributed by atoms with Gasteiger partial charge >= 0.3 is 0 Å². The van der Waals surface area contributed by atoms with E-state index in [2.05, 4.69) is 0 Å². The van der Waals surface area contributed by atoms with Crippen LogP contribution in [0, 0.1) is 0 Å². The topological polar surface area (TPSA) is 78.6 Å². The van der Waals surface area contributed by atoms with Gasteiger partial charge in [0.25, 0.3) is 0 Å². The third kappa shape index (κ3) is 3.01. The Bertz CT molecular complexity index is 556. The van der Waals surface area contributed by atoms with Crippen LogP contribution < -0.4 is 10.5 Å². The van der Waals surface area contributed by atoms with E-state index in [0.717, 1.165) is 0 Å². The number of rotatable bonds is 4. The summed E-state index contributed by atoms with van der Waals surface area (Å²) in [6, 6.07) is 5.02. The minimum Gasteiger partial charge on any atom is -0.496 e. The molecule has 2 atom stereocenters. The fourth-order valence-electron chi connectivity index (χ4n) is 2.39. The first-order chi connectivity index (χ1) is 8.94. The zero-order valence-electron chi connectivity index (χ0n) is 11.1. The van der Waals surface area contributed by atoms with E-state index in [4.69, 9.17) is 15.2 Å². The van der Waals surface area contributed by atoms with Crippen LogP contribution in [0.25, 0.3) is 0 Å². The van der Waals surface area contributed by atoms with E-state index >= 15 is 0 Å². The van der Waals surface area contributed by atoms with E-state index in [0.29, 0.717) is 30.0 Å². The average Bonchev–Trinajstić information content (AvgIpc) is 2.78. The molecule has 1 saturated heterocycles. The number of benzene rings is 1. The molecule has 1 aliphatic heterocycles. The van der Waals surface area contributed by atoms with Crippen molar-refractivity contribution >= 4 is 15.5 Å². The third-order valence-corrected chi connectivity index (χ3v) is 5.69. The molecule has 0 bridgehead atoms. The summed E-state index contributed by atoms with van der Waals surface area (Å²) in [6.45, 7) is 2.30. The van der Waals surface area contributed by atoms with Crippen LogP contribution in [-0.2, 0) is 20.3 Å². The largest absolute Gasteiger partial charge is 0.496 e. The van der Waals surface area contributed by atoms with Crippen LogP contribution in [-0.4, -0.2) is 33.5 Å². The van der Waals surface area contributed by atoms with Gasteiger partial charge in [0.2, 0.25) is 0 Å². The standard InChI is InChI=1S/C13H19NO4S/c1-9-13(5-6-18-9)19(15,16)8-10-3-4-11(14)7-12(10)17-2/h3-4,7,9,13H,5-6,8,14H2,1-2H3. The maximum absolute atomic E-state index is 12.4. The lowest BCUT2D eigenvalue weighted by Crippen LogP contribution is -2.29. The number of anilines is 1. The second kappa shape index (κ2) is 5.38. The second-order valence-electron chi connectivity index (χ2n) is 4.78. The van der Waals surface area contributed by atoms with E-state index < -0.39 is 15.1 Å². The molecule has 1 aromatic carbocycles. The Morgan fingerprint density at radius 2 is 2.21 bits per heavy atom. The van der Waals surface area contributed by atoms with Crippen molar-refractivity contribution in [2.75, 3.05) is 19.5 Å². The highest BCUT2D eigenvalue weighted by Gasteiger charge is 2.36.